The van der Waals surface area contributed by atoms with Gasteiger partial charge in [0.15, 0.2) is 0 Å². The molecule has 0 fully saturated rings. The first kappa shape index (κ1) is 9.48. The maximum Gasteiger partial charge on any atom is 0.120 e. The van der Waals surface area contributed by atoms with E-state index in [-0.39, 0.29) is 17.0 Å². The van der Waals surface area contributed by atoms with Gasteiger partial charge < -0.3 is 4.74 Å². The van der Waals surface area contributed by atoms with E-state index in [9.17, 15) is 0 Å². The third kappa shape index (κ3) is 1.59. The molecule has 1 heterocycles. The molecule has 0 saturated carbocycles. The van der Waals surface area contributed by atoms with E-state index in [2.05, 4.69) is 4.98 Å². The Hall–Kier alpha value is -0.610. The summed E-state index contributed by atoms with van der Waals surface area (Å²) in [5.41, 5.74) is 2.88. The molecule has 0 aliphatic rings. The molecule has 12 heavy (non-hydrogen) atoms. The van der Waals surface area contributed by atoms with Crippen LogP contribution in [0.1, 0.15) is 0 Å². The Kier molecular flexibility index (Phi) is 3.05. The number of aromatic nitrogens is 1. The van der Waals surface area contributed by atoms with Gasteiger partial charge in [0.2, 0.25) is 0 Å². The van der Waals surface area contributed by atoms with Crippen LogP contribution in [-0.4, -0.2) is 12.1 Å². The first-order valence-electron chi connectivity index (χ1n) is 3.27. The Morgan fingerprint density at radius 3 is 3.00 bits per heavy atom. The molecule has 4 heteroatoms. The second-order valence-electron chi connectivity index (χ2n) is 2.19. The number of methoxy groups -OCH3 is 1. The number of nitrogens with zero attached hydrogens (tertiary/aromatic N) is 1. The number of ether oxygens (including phenoxy) is 1. The topological polar surface area (TPSA) is 22.1 Å². The minimum atomic E-state index is 0. The van der Waals surface area contributed by atoms with E-state index in [1.165, 1.54) is 4.70 Å². The molecule has 0 N–H and O–H groups in total. The van der Waals surface area contributed by atoms with Crippen LogP contribution in [0.3, 0.4) is 0 Å². The SMILES string of the molecule is Br.COc1ccc2ncsc2c1. The van der Waals surface area contributed by atoms with Crippen LogP contribution in [0.25, 0.3) is 10.2 Å². The number of hydrogen-bond donors (Lipinski definition) is 0. The zero-order valence-electron chi connectivity index (χ0n) is 6.48. The molecule has 2 rings (SSSR count). The van der Waals surface area contributed by atoms with Crippen molar-refractivity contribution in [1.29, 1.82) is 0 Å². The summed E-state index contributed by atoms with van der Waals surface area (Å²) >= 11 is 1.63. The van der Waals surface area contributed by atoms with Crippen molar-refractivity contribution >= 4 is 38.5 Å². The van der Waals surface area contributed by atoms with Gasteiger partial charge in [0.25, 0.3) is 0 Å². The molecule has 0 bridgehead atoms. The number of fused-ring (bicyclic) bond motifs is 1. The Morgan fingerprint density at radius 2 is 2.25 bits per heavy atom. The minimum Gasteiger partial charge on any atom is -0.497 e. The molecule has 1 aromatic heterocycles. The number of hydrogen-bond acceptors (Lipinski definition) is 3. The summed E-state index contributed by atoms with van der Waals surface area (Å²) in [6.45, 7) is 0. The zero-order valence-corrected chi connectivity index (χ0v) is 9.01. The van der Waals surface area contributed by atoms with E-state index in [4.69, 9.17) is 4.74 Å². The van der Waals surface area contributed by atoms with E-state index < -0.39 is 0 Å². The molecule has 0 amide bonds. The maximum atomic E-state index is 5.07. The normalized spacial score (nSPS) is 9.42. The highest BCUT2D eigenvalue weighted by atomic mass is 79.9. The third-order valence-electron chi connectivity index (χ3n) is 1.54. The average Bonchev–Trinajstić information content (AvgIpc) is 2.50. The lowest BCUT2D eigenvalue weighted by atomic mass is 10.3. The predicted octanol–water partition coefficient (Wildman–Crippen LogP) is 2.88. The average molecular weight is 246 g/mol. The lowest BCUT2D eigenvalue weighted by Crippen LogP contribution is -1.80. The zero-order chi connectivity index (χ0) is 7.68. The van der Waals surface area contributed by atoms with Crippen molar-refractivity contribution in [1.82, 2.24) is 4.98 Å². The molecule has 0 radical (unpaired) electrons. The quantitative estimate of drug-likeness (QED) is 0.771. The molecule has 2 nitrogen and oxygen atoms in total. The molecule has 0 spiro atoms. The van der Waals surface area contributed by atoms with E-state index in [1.54, 1.807) is 18.4 Å². The Morgan fingerprint density at radius 1 is 1.42 bits per heavy atom. The van der Waals surface area contributed by atoms with Gasteiger partial charge >= 0.3 is 0 Å². The summed E-state index contributed by atoms with van der Waals surface area (Å²) in [5, 5.41) is 0. The smallest absolute Gasteiger partial charge is 0.120 e. The highest BCUT2D eigenvalue weighted by Crippen LogP contribution is 2.22. The van der Waals surface area contributed by atoms with Gasteiger partial charge in [-0.2, -0.15) is 0 Å². The van der Waals surface area contributed by atoms with E-state index in [1.807, 2.05) is 23.7 Å². The summed E-state index contributed by atoms with van der Waals surface area (Å²) in [5.74, 6) is 0.891. The maximum absolute atomic E-state index is 5.07. The van der Waals surface area contributed by atoms with Crippen molar-refractivity contribution in [3.8, 4) is 5.75 Å². The van der Waals surface area contributed by atoms with E-state index >= 15 is 0 Å². The Balaban J connectivity index is 0.000000720. The predicted molar refractivity (Wildman–Crippen MR) is 56.5 cm³/mol. The third-order valence-corrected chi connectivity index (χ3v) is 2.33. The van der Waals surface area contributed by atoms with Crippen LogP contribution in [0.5, 0.6) is 5.75 Å². The first-order chi connectivity index (χ1) is 5.40. The number of halogens is 1. The molecule has 0 atom stereocenters. The van der Waals surface area contributed by atoms with Crippen LogP contribution in [0, 0.1) is 0 Å². The molecule has 0 unspecified atom stereocenters. The van der Waals surface area contributed by atoms with Crippen molar-refractivity contribution in [2.24, 2.45) is 0 Å². The molecular formula is C8H8BrNOS. The summed E-state index contributed by atoms with van der Waals surface area (Å²) in [6, 6.07) is 5.87. The number of thiazole rings is 1. The summed E-state index contributed by atoms with van der Waals surface area (Å²) in [6.07, 6.45) is 0. The Labute approximate surface area is 85.0 Å². The highest BCUT2D eigenvalue weighted by molar-refractivity contribution is 8.93. The van der Waals surface area contributed by atoms with Gasteiger partial charge in [0.1, 0.15) is 5.75 Å². The standard InChI is InChI=1S/C8H7NOS.BrH/c1-10-6-2-3-7-8(4-6)11-5-9-7;/h2-5H,1H3;1H. The van der Waals surface area contributed by atoms with Gasteiger partial charge in [-0.1, -0.05) is 0 Å². The summed E-state index contributed by atoms with van der Waals surface area (Å²) in [4.78, 5) is 4.16. The van der Waals surface area contributed by atoms with Gasteiger partial charge in [0.05, 0.1) is 22.8 Å². The molecule has 1 aromatic carbocycles. The number of rotatable bonds is 1. The van der Waals surface area contributed by atoms with Crippen LogP contribution in [0.4, 0.5) is 0 Å². The number of benzene rings is 1. The fraction of sp³-hybridized carbons (Fsp3) is 0.125. The van der Waals surface area contributed by atoms with Crippen LogP contribution in [0.2, 0.25) is 0 Å². The lowest BCUT2D eigenvalue weighted by molar-refractivity contribution is 0.415. The fourth-order valence-electron chi connectivity index (χ4n) is 0.962. The summed E-state index contributed by atoms with van der Waals surface area (Å²) in [7, 11) is 1.67. The molecule has 2 aromatic rings. The molecular weight excluding hydrogens is 238 g/mol. The Bertz CT molecular complexity index is 374. The largest absolute Gasteiger partial charge is 0.497 e. The van der Waals surface area contributed by atoms with Crippen molar-refractivity contribution < 1.29 is 4.74 Å². The van der Waals surface area contributed by atoms with Crippen molar-refractivity contribution in [3.63, 3.8) is 0 Å². The fourth-order valence-corrected chi connectivity index (χ4v) is 1.67. The monoisotopic (exact) mass is 245 g/mol. The van der Waals surface area contributed by atoms with Gasteiger partial charge in [-0.3, -0.25) is 0 Å². The van der Waals surface area contributed by atoms with Gasteiger partial charge in [-0.15, -0.1) is 28.3 Å². The van der Waals surface area contributed by atoms with Gasteiger partial charge in [-0.25, -0.2) is 4.98 Å². The summed E-state index contributed by atoms with van der Waals surface area (Å²) < 4.78 is 6.24. The van der Waals surface area contributed by atoms with Crippen molar-refractivity contribution in [2.45, 2.75) is 0 Å². The second-order valence-corrected chi connectivity index (χ2v) is 3.07. The molecule has 0 saturated heterocycles. The van der Waals surface area contributed by atoms with Crippen molar-refractivity contribution in [3.05, 3.63) is 23.7 Å². The van der Waals surface area contributed by atoms with Gasteiger partial charge in [-0.05, 0) is 18.2 Å². The first-order valence-corrected chi connectivity index (χ1v) is 4.15. The van der Waals surface area contributed by atoms with Crippen molar-refractivity contribution in [2.75, 3.05) is 7.11 Å². The highest BCUT2D eigenvalue weighted by Gasteiger charge is 1.96. The van der Waals surface area contributed by atoms with E-state index in [0.717, 1.165) is 11.3 Å². The molecule has 0 aliphatic heterocycles. The van der Waals surface area contributed by atoms with Crippen LogP contribution >= 0.6 is 28.3 Å². The molecule has 0 aliphatic carbocycles. The van der Waals surface area contributed by atoms with Crippen LogP contribution in [0.15, 0.2) is 23.7 Å². The minimum absolute atomic E-state index is 0. The van der Waals surface area contributed by atoms with Gasteiger partial charge in [0, 0.05) is 0 Å². The van der Waals surface area contributed by atoms with Crippen LogP contribution in [-0.2, 0) is 0 Å². The van der Waals surface area contributed by atoms with E-state index in [0.29, 0.717) is 0 Å². The lowest BCUT2D eigenvalue weighted by Gasteiger charge is -1.96. The second kappa shape index (κ2) is 3.87. The molecule has 64 valence electrons. The van der Waals surface area contributed by atoms with Crippen LogP contribution < -0.4 is 4.74 Å².